The van der Waals surface area contributed by atoms with Gasteiger partial charge in [-0.1, -0.05) is 6.92 Å². The van der Waals surface area contributed by atoms with Crippen LogP contribution in [0.2, 0.25) is 0 Å². The molecule has 0 bridgehead atoms. The molecule has 3 fully saturated rings. The lowest BCUT2D eigenvalue weighted by Gasteiger charge is -2.27. The molecule has 0 aromatic rings. The van der Waals surface area contributed by atoms with Gasteiger partial charge in [-0.2, -0.15) is 0 Å². The first kappa shape index (κ1) is 9.08. The highest BCUT2D eigenvalue weighted by Gasteiger charge is 2.69. The average Bonchev–Trinajstić information content (AvgIpc) is 2.94. The van der Waals surface area contributed by atoms with E-state index in [-0.39, 0.29) is 11.8 Å². The van der Waals surface area contributed by atoms with Gasteiger partial charge in [0.1, 0.15) is 0 Å². The second kappa shape index (κ2) is 2.49. The van der Waals surface area contributed by atoms with Crippen LogP contribution in [-0.2, 0) is 0 Å². The third-order valence-corrected chi connectivity index (χ3v) is 4.29. The maximum atomic E-state index is 13.1. The molecular formula is C11H17F2N. The van der Waals surface area contributed by atoms with E-state index in [9.17, 15) is 8.78 Å². The zero-order valence-electron chi connectivity index (χ0n) is 8.60. The van der Waals surface area contributed by atoms with Gasteiger partial charge in [0.05, 0.1) is 0 Å². The number of nitrogens with zero attached hydrogens (tertiary/aromatic N) is 1. The largest absolute Gasteiger partial charge is 0.302 e. The van der Waals surface area contributed by atoms with Gasteiger partial charge in [-0.3, -0.25) is 0 Å². The van der Waals surface area contributed by atoms with Gasteiger partial charge >= 0.3 is 0 Å². The number of fused-ring (bicyclic) bond motifs is 1. The Balaban J connectivity index is 1.58. The Kier molecular flexibility index (Phi) is 1.61. The van der Waals surface area contributed by atoms with Crippen molar-refractivity contribution in [2.24, 2.45) is 17.3 Å². The van der Waals surface area contributed by atoms with E-state index in [0.717, 1.165) is 13.1 Å². The summed E-state index contributed by atoms with van der Waals surface area (Å²) >= 11 is 0. The second-order valence-electron chi connectivity index (χ2n) is 5.72. The van der Waals surface area contributed by atoms with Gasteiger partial charge < -0.3 is 4.90 Å². The van der Waals surface area contributed by atoms with Gasteiger partial charge in [-0.15, -0.1) is 0 Å². The smallest absolute Gasteiger partial charge is 0.255 e. The van der Waals surface area contributed by atoms with E-state index in [1.807, 2.05) is 0 Å². The van der Waals surface area contributed by atoms with Gasteiger partial charge in [-0.25, -0.2) is 8.78 Å². The molecule has 1 nitrogen and oxygen atoms in total. The van der Waals surface area contributed by atoms with Gasteiger partial charge in [-0.05, 0) is 31.2 Å². The zero-order valence-corrected chi connectivity index (χ0v) is 8.60. The topological polar surface area (TPSA) is 3.24 Å². The number of hydrogen-bond donors (Lipinski definition) is 0. The lowest BCUT2D eigenvalue weighted by Crippen LogP contribution is -2.35. The van der Waals surface area contributed by atoms with Crippen LogP contribution in [0.4, 0.5) is 8.78 Å². The van der Waals surface area contributed by atoms with Gasteiger partial charge in [0.25, 0.3) is 5.92 Å². The van der Waals surface area contributed by atoms with Crippen molar-refractivity contribution in [1.82, 2.24) is 4.90 Å². The zero-order chi connectivity index (χ0) is 9.97. The van der Waals surface area contributed by atoms with Gasteiger partial charge in [0, 0.05) is 24.9 Å². The quantitative estimate of drug-likeness (QED) is 0.663. The summed E-state index contributed by atoms with van der Waals surface area (Å²) in [6, 6.07) is 0. The maximum absolute atomic E-state index is 13.1. The summed E-state index contributed by atoms with van der Waals surface area (Å²) in [5, 5.41) is 0. The van der Waals surface area contributed by atoms with E-state index in [4.69, 9.17) is 0 Å². The molecule has 80 valence electrons. The minimum atomic E-state index is -2.32. The summed E-state index contributed by atoms with van der Waals surface area (Å²) in [6.45, 7) is 4.86. The fraction of sp³-hybridized carbons (Fsp3) is 1.00. The third-order valence-electron chi connectivity index (χ3n) is 4.29. The third kappa shape index (κ3) is 1.28. The Bertz CT molecular complexity index is 260. The molecule has 2 atom stereocenters. The number of alkyl halides is 2. The molecule has 0 N–H and O–H groups in total. The summed E-state index contributed by atoms with van der Waals surface area (Å²) in [5.41, 5.74) is 0.469. The minimum absolute atomic E-state index is 0.272. The average molecular weight is 201 g/mol. The Labute approximate surface area is 83.5 Å². The predicted molar refractivity (Wildman–Crippen MR) is 50.3 cm³/mol. The second-order valence-corrected chi connectivity index (χ2v) is 5.72. The van der Waals surface area contributed by atoms with E-state index < -0.39 is 5.92 Å². The molecule has 2 aliphatic carbocycles. The SMILES string of the molecule is CC1(CN2CCC3C(C2)C3(F)F)CC1. The molecule has 0 aromatic carbocycles. The molecule has 1 aliphatic heterocycles. The van der Waals surface area contributed by atoms with Crippen molar-refractivity contribution >= 4 is 0 Å². The number of likely N-dealkylation sites (tertiary alicyclic amines) is 1. The van der Waals surface area contributed by atoms with Crippen molar-refractivity contribution in [3.8, 4) is 0 Å². The lowest BCUT2D eigenvalue weighted by atomic mass is 10.1. The number of halogens is 2. The van der Waals surface area contributed by atoms with Crippen LogP contribution < -0.4 is 0 Å². The molecule has 1 heterocycles. The van der Waals surface area contributed by atoms with E-state index in [2.05, 4.69) is 11.8 Å². The summed E-state index contributed by atoms with van der Waals surface area (Å²) in [7, 11) is 0. The maximum Gasteiger partial charge on any atom is 0.255 e. The molecule has 3 aliphatic rings. The van der Waals surface area contributed by atoms with Crippen molar-refractivity contribution < 1.29 is 8.78 Å². The van der Waals surface area contributed by atoms with E-state index in [1.165, 1.54) is 12.8 Å². The van der Waals surface area contributed by atoms with Crippen LogP contribution in [0.5, 0.6) is 0 Å². The molecule has 3 rings (SSSR count). The highest BCUT2D eigenvalue weighted by Crippen LogP contribution is 2.59. The van der Waals surface area contributed by atoms with Crippen molar-refractivity contribution in [1.29, 1.82) is 0 Å². The van der Waals surface area contributed by atoms with Crippen LogP contribution in [0, 0.1) is 17.3 Å². The fourth-order valence-corrected chi connectivity index (χ4v) is 2.85. The molecule has 14 heavy (non-hydrogen) atoms. The molecule has 2 unspecified atom stereocenters. The fourth-order valence-electron chi connectivity index (χ4n) is 2.85. The molecule has 0 amide bonds. The molecule has 0 aromatic heterocycles. The normalized spacial score (nSPS) is 43.1. The van der Waals surface area contributed by atoms with Crippen molar-refractivity contribution in [3.63, 3.8) is 0 Å². The minimum Gasteiger partial charge on any atom is -0.302 e. The summed E-state index contributed by atoms with van der Waals surface area (Å²) < 4.78 is 26.2. The van der Waals surface area contributed by atoms with E-state index in [0.29, 0.717) is 18.4 Å². The van der Waals surface area contributed by atoms with Crippen molar-refractivity contribution in [2.45, 2.75) is 32.1 Å². The first-order valence-corrected chi connectivity index (χ1v) is 5.61. The van der Waals surface area contributed by atoms with Crippen molar-refractivity contribution in [3.05, 3.63) is 0 Å². The molecule has 2 saturated carbocycles. The monoisotopic (exact) mass is 201 g/mol. The van der Waals surface area contributed by atoms with Crippen LogP contribution in [0.25, 0.3) is 0 Å². The van der Waals surface area contributed by atoms with Crippen LogP contribution in [-0.4, -0.2) is 30.5 Å². The Morgan fingerprint density at radius 1 is 1.29 bits per heavy atom. The Morgan fingerprint density at radius 2 is 2.00 bits per heavy atom. The number of piperidine rings is 1. The van der Waals surface area contributed by atoms with Crippen LogP contribution in [0.15, 0.2) is 0 Å². The molecule has 1 saturated heterocycles. The van der Waals surface area contributed by atoms with E-state index in [1.54, 1.807) is 0 Å². The van der Waals surface area contributed by atoms with Crippen LogP contribution in [0.1, 0.15) is 26.2 Å². The molecule has 3 heteroatoms. The first-order valence-electron chi connectivity index (χ1n) is 5.61. The first-order chi connectivity index (χ1) is 6.51. The summed E-state index contributed by atoms with van der Waals surface area (Å²) in [5.74, 6) is -2.90. The van der Waals surface area contributed by atoms with Crippen LogP contribution >= 0.6 is 0 Å². The lowest BCUT2D eigenvalue weighted by molar-refractivity contribution is 0.0839. The number of hydrogen-bond acceptors (Lipinski definition) is 1. The Hall–Kier alpha value is -0.180. The number of rotatable bonds is 2. The van der Waals surface area contributed by atoms with E-state index >= 15 is 0 Å². The van der Waals surface area contributed by atoms with Crippen LogP contribution in [0.3, 0.4) is 0 Å². The molecular weight excluding hydrogens is 184 g/mol. The standard InChI is InChI=1S/C11H17F2N/c1-10(3-4-10)7-14-5-2-8-9(6-14)11(8,12)13/h8-9H,2-7H2,1H3. The van der Waals surface area contributed by atoms with Crippen molar-refractivity contribution in [2.75, 3.05) is 19.6 Å². The highest BCUT2D eigenvalue weighted by molar-refractivity contribution is 5.09. The summed E-state index contributed by atoms with van der Waals surface area (Å²) in [6.07, 6.45) is 3.29. The molecule has 0 radical (unpaired) electrons. The Morgan fingerprint density at radius 3 is 2.57 bits per heavy atom. The van der Waals surface area contributed by atoms with Gasteiger partial charge in [0.15, 0.2) is 0 Å². The highest BCUT2D eigenvalue weighted by atomic mass is 19.3. The predicted octanol–water partition coefficient (Wildman–Crippen LogP) is 2.37. The molecule has 0 spiro atoms. The summed E-state index contributed by atoms with van der Waals surface area (Å²) in [4.78, 5) is 2.26. The van der Waals surface area contributed by atoms with Gasteiger partial charge in [0.2, 0.25) is 0 Å².